The summed E-state index contributed by atoms with van der Waals surface area (Å²) >= 11 is 0. The summed E-state index contributed by atoms with van der Waals surface area (Å²) < 4.78 is 5.85. The molecule has 0 amide bonds. The number of ether oxygens (including phenoxy) is 1. The minimum Gasteiger partial charge on any atom is -0.457 e. The number of hydrogen-bond donors (Lipinski definition) is 1. The Morgan fingerprint density at radius 1 is 0.944 bits per heavy atom. The van der Waals surface area contributed by atoms with Crippen LogP contribution in [0.2, 0.25) is 0 Å². The number of benzene rings is 2. The van der Waals surface area contributed by atoms with E-state index in [1.54, 1.807) is 18.3 Å². The van der Waals surface area contributed by atoms with Crippen molar-refractivity contribution in [3.8, 4) is 11.5 Å². The fourth-order valence-electron chi connectivity index (χ4n) is 1.90. The molecule has 0 atom stereocenters. The molecular formula is C15H12N2O. The van der Waals surface area contributed by atoms with E-state index >= 15 is 0 Å². The summed E-state index contributed by atoms with van der Waals surface area (Å²) in [7, 11) is 0. The van der Waals surface area contributed by atoms with Crippen LogP contribution < -0.4 is 10.5 Å². The number of anilines is 1. The van der Waals surface area contributed by atoms with Gasteiger partial charge in [-0.05, 0) is 17.5 Å². The number of pyridine rings is 1. The lowest BCUT2D eigenvalue weighted by Gasteiger charge is -2.08. The smallest absolute Gasteiger partial charge is 0.135 e. The van der Waals surface area contributed by atoms with E-state index in [0.29, 0.717) is 11.6 Å². The van der Waals surface area contributed by atoms with Gasteiger partial charge in [0, 0.05) is 17.6 Å². The van der Waals surface area contributed by atoms with Crippen LogP contribution in [0.15, 0.2) is 60.8 Å². The number of hydrogen-bond acceptors (Lipinski definition) is 3. The van der Waals surface area contributed by atoms with Crippen LogP contribution in [0.3, 0.4) is 0 Å². The summed E-state index contributed by atoms with van der Waals surface area (Å²) in [4.78, 5) is 3.94. The number of fused-ring (bicyclic) bond motifs is 1. The summed E-state index contributed by atoms with van der Waals surface area (Å²) in [5, 5.41) is 2.23. The zero-order valence-corrected chi connectivity index (χ0v) is 9.71. The standard InChI is InChI=1S/C15H12N2O/c16-15-10-12(8-9-17-15)18-14-7-3-5-11-4-1-2-6-13(11)14/h1-10H,(H2,16,17). The van der Waals surface area contributed by atoms with E-state index in [1.807, 2.05) is 30.3 Å². The average Bonchev–Trinajstić information content (AvgIpc) is 2.39. The van der Waals surface area contributed by atoms with Gasteiger partial charge in [0.25, 0.3) is 0 Å². The molecule has 18 heavy (non-hydrogen) atoms. The van der Waals surface area contributed by atoms with Crippen molar-refractivity contribution >= 4 is 16.6 Å². The van der Waals surface area contributed by atoms with Crippen LogP contribution in [0.5, 0.6) is 11.5 Å². The van der Waals surface area contributed by atoms with Crippen molar-refractivity contribution in [3.63, 3.8) is 0 Å². The van der Waals surface area contributed by atoms with Crippen molar-refractivity contribution in [1.82, 2.24) is 4.98 Å². The van der Waals surface area contributed by atoms with Gasteiger partial charge in [0.2, 0.25) is 0 Å². The monoisotopic (exact) mass is 236 g/mol. The zero-order valence-electron chi connectivity index (χ0n) is 9.71. The number of aromatic nitrogens is 1. The maximum atomic E-state index is 5.85. The van der Waals surface area contributed by atoms with Crippen LogP contribution in [0.4, 0.5) is 5.82 Å². The lowest BCUT2D eigenvalue weighted by molar-refractivity contribution is 0.488. The minimum absolute atomic E-state index is 0.452. The third-order valence-electron chi connectivity index (χ3n) is 2.73. The number of rotatable bonds is 2. The summed E-state index contributed by atoms with van der Waals surface area (Å²) in [5.41, 5.74) is 5.63. The molecule has 3 nitrogen and oxygen atoms in total. The molecule has 0 unspecified atom stereocenters. The largest absolute Gasteiger partial charge is 0.457 e. The first-order valence-electron chi connectivity index (χ1n) is 5.70. The highest BCUT2D eigenvalue weighted by Crippen LogP contribution is 2.29. The molecule has 0 aliphatic rings. The zero-order chi connectivity index (χ0) is 12.4. The third-order valence-corrected chi connectivity index (χ3v) is 2.73. The molecule has 0 aliphatic carbocycles. The Morgan fingerprint density at radius 3 is 2.67 bits per heavy atom. The summed E-state index contributed by atoms with van der Waals surface area (Å²) in [6, 6.07) is 17.6. The predicted octanol–water partition coefficient (Wildman–Crippen LogP) is 3.61. The van der Waals surface area contributed by atoms with E-state index in [9.17, 15) is 0 Å². The summed E-state index contributed by atoms with van der Waals surface area (Å²) in [6.45, 7) is 0. The van der Waals surface area contributed by atoms with E-state index in [4.69, 9.17) is 10.5 Å². The average molecular weight is 236 g/mol. The number of nitrogen functional groups attached to an aromatic ring is 1. The van der Waals surface area contributed by atoms with Crippen molar-refractivity contribution in [2.75, 3.05) is 5.73 Å². The lowest BCUT2D eigenvalue weighted by Crippen LogP contribution is -1.91. The Labute approximate surface area is 105 Å². The quantitative estimate of drug-likeness (QED) is 0.739. The Hall–Kier alpha value is -2.55. The van der Waals surface area contributed by atoms with Gasteiger partial charge >= 0.3 is 0 Å². The number of nitrogens with two attached hydrogens (primary N) is 1. The van der Waals surface area contributed by atoms with E-state index in [-0.39, 0.29) is 0 Å². The molecule has 0 fully saturated rings. The van der Waals surface area contributed by atoms with E-state index in [2.05, 4.69) is 17.1 Å². The molecule has 0 aliphatic heterocycles. The first kappa shape index (κ1) is 10.6. The predicted molar refractivity (Wildman–Crippen MR) is 72.7 cm³/mol. The topological polar surface area (TPSA) is 48.1 Å². The van der Waals surface area contributed by atoms with E-state index in [1.165, 1.54) is 0 Å². The molecule has 3 aromatic rings. The van der Waals surface area contributed by atoms with Gasteiger partial charge in [-0.15, -0.1) is 0 Å². The maximum Gasteiger partial charge on any atom is 0.135 e. The van der Waals surface area contributed by atoms with Crippen LogP contribution in [-0.4, -0.2) is 4.98 Å². The van der Waals surface area contributed by atoms with Crippen molar-refractivity contribution < 1.29 is 4.74 Å². The fourth-order valence-corrected chi connectivity index (χ4v) is 1.90. The lowest BCUT2D eigenvalue weighted by atomic mass is 10.1. The highest BCUT2D eigenvalue weighted by Gasteiger charge is 2.03. The first-order chi connectivity index (χ1) is 8.83. The van der Waals surface area contributed by atoms with Crippen molar-refractivity contribution in [2.45, 2.75) is 0 Å². The minimum atomic E-state index is 0.452. The highest BCUT2D eigenvalue weighted by atomic mass is 16.5. The Morgan fingerprint density at radius 2 is 1.78 bits per heavy atom. The fraction of sp³-hybridized carbons (Fsp3) is 0. The molecule has 0 radical (unpaired) electrons. The Balaban J connectivity index is 2.05. The van der Waals surface area contributed by atoms with Gasteiger partial charge in [-0.25, -0.2) is 4.98 Å². The first-order valence-corrected chi connectivity index (χ1v) is 5.70. The normalized spacial score (nSPS) is 10.4. The van der Waals surface area contributed by atoms with Gasteiger partial charge < -0.3 is 10.5 Å². The summed E-state index contributed by atoms with van der Waals surface area (Å²) in [6.07, 6.45) is 1.63. The Bertz CT molecular complexity index is 689. The highest BCUT2D eigenvalue weighted by molar-refractivity contribution is 5.88. The van der Waals surface area contributed by atoms with Gasteiger partial charge in [0.1, 0.15) is 17.3 Å². The van der Waals surface area contributed by atoms with Crippen LogP contribution in [0, 0.1) is 0 Å². The van der Waals surface area contributed by atoms with Crippen molar-refractivity contribution in [3.05, 3.63) is 60.8 Å². The second-order valence-corrected chi connectivity index (χ2v) is 4.00. The molecule has 0 bridgehead atoms. The van der Waals surface area contributed by atoms with Gasteiger partial charge in [-0.3, -0.25) is 0 Å². The third kappa shape index (κ3) is 1.98. The van der Waals surface area contributed by atoms with Crippen LogP contribution in [0.25, 0.3) is 10.8 Å². The second kappa shape index (κ2) is 4.37. The van der Waals surface area contributed by atoms with Gasteiger partial charge in [-0.1, -0.05) is 36.4 Å². The molecule has 88 valence electrons. The van der Waals surface area contributed by atoms with Gasteiger partial charge in [0.05, 0.1) is 0 Å². The SMILES string of the molecule is Nc1cc(Oc2cccc3ccccc23)ccn1. The number of nitrogens with zero attached hydrogens (tertiary/aromatic N) is 1. The molecule has 0 spiro atoms. The second-order valence-electron chi connectivity index (χ2n) is 4.00. The van der Waals surface area contributed by atoms with Crippen molar-refractivity contribution in [1.29, 1.82) is 0 Å². The van der Waals surface area contributed by atoms with Gasteiger partial charge in [0.15, 0.2) is 0 Å². The van der Waals surface area contributed by atoms with Crippen LogP contribution in [-0.2, 0) is 0 Å². The Kier molecular flexibility index (Phi) is 2.57. The maximum absolute atomic E-state index is 5.85. The molecule has 0 saturated heterocycles. The molecule has 1 aromatic heterocycles. The van der Waals surface area contributed by atoms with Crippen LogP contribution in [0.1, 0.15) is 0 Å². The molecule has 1 heterocycles. The molecule has 2 aromatic carbocycles. The van der Waals surface area contributed by atoms with Crippen LogP contribution >= 0.6 is 0 Å². The summed E-state index contributed by atoms with van der Waals surface area (Å²) in [5.74, 6) is 1.96. The molecular weight excluding hydrogens is 224 g/mol. The molecule has 0 saturated carbocycles. The van der Waals surface area contributed by atoms with Gasteiger partial charge in [-0.2, -0.15) is 0 Å². The molecule has 3 heteroatoms. The van der Waals surface area contributed by atoms with E-state index in [0.717, 1.165) is 16.5 Å². The molecule has 2 N–H and O–H groups in total. The van der Waals surface area contributed by atoms with E-state index < -0.39 is 0 Å². The van der Waals surface area contributed by atoms with Crippen molar-refractivity contribution in [2.24, 2.45) is 0 Å². The molecule has 3 rings (SSSR count).